The molecule has 0 nitrogen and oxygen atoms in total. The van der Waals surface area contributed by atoms with Gasteiger partial charge in [0.2, 0.25) is 0 Å². The van der Waals surface area contributed by atoms with Gasteiger partial charge in [0.05, 0.1) is 0 Å². The van der Waals surface area contributed by atoms with Gasteiger partial charge in [0, 0.05) is 0 Å². The van der Waals surface area contributed by atoms with Crippen molar-refractivity contribution in [3.8, 4) is 0 Å². The third-order valence-electron chi connectivity index (χ3n) is 4.32. The molecule has 0 aliphatic rings. The largest absolute Gasteiger partial charge is 0.0622 e. The minimum absolute atomic E-state index is 0.540. The topological polar surface area (TPSA) is 0 Å². The highest BCUT2D eigenvalue weighted by atomic mass is 14.3. The molecule has 2 rings (SSSR count). The van der Waals surface area contributed by atoms with Crippen molar-refractivity contribution in [2.45, 2.75) is 46.5 Å². The predicted molar refractivity (Wildman–Crippen MR) is 88.4 cm³/mol. The van der Waals surface area contributed by atoms with Crippen LogP contribution in [0.25, 0.3) is 0 Å². The summed E-state index contributed by atoms with van der Waals surface area (Å²) in [5.74, 6) is 1.74. The molecule has 0 aromatic heterocycles. The van der Waals surface area contributed by atoms with Crippen LogP contribution in [-0.4, -0.2) is 0 Å². The van der Waals surface area contributed by atoms with E-state index in [-0.39, 0.29) is 0 Å². The van der Waals surface area contributed by atoms with Crippen molar-refractivity contribution >= 4 is 0 Å². The lowest BCUT2D eigenvalue weighted by atomic mass is 9.76. The SMILES string of the molecule is Cc1ccc(C(C)C(c2ccc(C)cc2)C(C)C)cc1. The van der Waals surface area contributed by atoms with E-state index in [0.29, 0.717) is 17.8 Å². The lowest BCUT2D eigenvalue weighted by Crippen LogP contribution is -2.14. The monoisotopic (exact) mass is 266 g/mol. The summed E-state index contributed by atoms with van der Waals surface area (Å²) in [6.45, 7) is 11.3. The summed E-state index contributed by atoms with van der Waals surface area (Å²) in [7, 11) is 0. The zero-order valence-corrected chi connectivity index (χ0v) is 13.4. The molecule has 2 unspecified atom stereocenters. The number of benzene rings is 2. The van der Waals surface area contributed by atoms with Crippen LogP contribution in [0.1, 0.15) is 54.9 Å². The first-order valence-electron chi connectivity index (χ1n) is 7.62. The van der Waals surface area contributed by atoms with Crippen molar-refractivity contribution in [2.75, 3.05) is 0 Å². The summed E-state index contributed by atoms with van der Waals surface area (Å²) in [5.41, 5.74) is 5.56. The number of aryl methyl sites for hydroxylation is 2. The first-order chi connectivity index (χ1) is 9.49. The molecule has 0 fully saturated rings. The molecule has 0 amide bonds. The molecular weight excluding hydrogens is 240 g/mol. The molecule has 2 aromatic carbocycles. The molecule has 0 saturated heterocycles. The van der Waals surface area contributed by atoms with Gasteiger partial charge >= 0.3 is 0 Å². The molecule has 0 spiro atoms. The first-order valence-corrected chi connectivity index (χ1v) is 7.62. The van der Waals surface area contributed by atoms with Crippen LogP contribution in [0, 0.1) is 19.8 Å². The fourth-order valence-corrected chi connectivity index (χ4v) is 3.12. The van der Waals surface area contributed by atoms with Crippen LogP contribution in [0.5, 0.6) is 0 Å². The van der Waals surface area contributed by atoms with E-state index < -0.39 is 0 Å². The second kappa shape index (κ2) is 6.26. The molecule has 0 N–H and O–H groups in total. The van der Waals surface area contributed by atoms with E-state index in [1.54, 1.807) is 0 Å². The first kappa shape index (κ1) is 14.8. The Morgan fingerprint density at radius 3 is 1.40 bits per heavy atom. The average molecular weight is 266 g/mol. The highest BCUT2D eigenvalue weighted by Crippen LogP contribution is 2.38. The molecule has 2 atom stereocenters. The maximum Gasteiger partial charge on any atom is -0.00727 e. The fraction of sp³-hybridized carbons (Fsp3) is 0.400. The van der Waals surface area contributed by atoms with Crippen LogP contribution >= 0.6 is 0 Å². The second-order valence-electron chi connectivity index (χ2n) is 6.38. The summed E-state index contributed by atoms with van der Waals surface area (Å²) >= 11 is 0. The van der Waals surface area contributed by atoms with Gasteiger partial charge in [-0.25, -0.2) is 0 Å². The van der Waals surface area contributed by atoms with E-state index in [4.69, 9.17) is 0 Å². The minimum atomic E-state index is 0.540. The average Bonchev–Trinajstić information content (AvgIpc) is 2.41. The third kappa shape index (κ3) is 3.30. The van der Waals surface area contributed by atoms with E-state index in [0.717, 1.165) is 0 Å². The van der Waals surface area contributed by atoms with Crippen molar-refractivity contribution in [3.63, 3.8) is 0 Å². The summed E-state index contributed by atoms with van der Waals surface area (Å²) in [6.07, 6.45) is 0. The predicted octanol–water partition coefficient (Wildman–Crippen LogP) is 5.85. The molecule has 0 aliphatic carbocycles. The Labute approximate surface area is 123 Å². The van der Waals surface area contributed by atoms with Crippen molar-refractivity contribution in [3.05, 3.63) is 70.8 Å². The number of hydrogen-bond acceptors (Lipinski definition) is 0. The molecule has 0 radical (unpaired) electrons. The second-order valence-corrected chi connectivity index (χ2v) is 6.38. The standard InChI is InChI=1S/C20H26/c1-14(2)20(19-12-8-16(4)9-13-19)17(5)18-10-6-15(3)7-11-18/h6-14,17,20H,1-5H3. The summed E-state index contributed by atoms with van der Waals surface area (Å²) < 4.78 is 0. The van der Waals surface area contributed by atoms with Crippen molar-refractivity contribution in [2.24, 2.45) is 5.92 Å². The number of rotatable bonds is 4. The van der Waals surface area contributed by atoms with E-state index in [1.165, 1.54) is 22.3 Å². The minimum Gasteiger partial charge on any atom is -0.0622 e. The lowest BCUT2D eigenvalue weighted by molar-refractivity contribution is 0.437. The van der Waals surface area contributed by atoms with E-state index >= 15 is 0 Å². The van der Waals surface area contributed by atoms with E-state index in [2.05, 4.69) is 83.1 Å². The van der Waals surface area contributed by atoms with E-state index in [1.807, 2.05) is 0 Å². The normalized spacial score (nSPS) is 14.3. The van der Waals surface area contributed by atoms with Gasteiger partial charge in [-0.1, -0.05) is 80.4 Å². The molecule has 0 aliphatic heterocycles. The molecule has 0 heterocycles. The molecule has 2 aromatic rings. The molecule has 106 valence electrons. The zero-order chi connectivity index (χ0) is 14.7. The van der Waals surface area contributed by atoms with Gasteiger partial charge in [0.15, 0.2) is 0 Å². The van der Waals surface area contributed by atoms with Gasteiger partial charge in [-0.05, 0) is 42.7 Å². The Morgan fingerprint density at radius 1 is 0.600 bits per heavy atom. The zero-order valence-electron chi connectivity index (χ0n) is 13.4. The van der Waals surface area contributed by atoms with Crippen LogP contribution in [0.15, 0.2) is 48.5 Å². The summed E-state index contributed by atoms with van der Waals surface area (Å²) in [6, 6.07) is 18.1. The molecule has 20 heavy (non-hydrogen) atoms. The molecule has 0 saturated carbocycles. The van der Waals surface area contributed by atoms with Gasteiger partial charge in [-0.15, -0.1) is 0 Å². The van der Waals surface area contributed by atoms with Gasteiger partial charge in [-0.3, -0.25) is 0 Å². The molecule has 0 heteroatoms. The summed E-state index contributed by atoms with van der Waals surface area (Å²) in [4.78, 5) is 0. The van der Waals surface area contributed by atoms with Crippen molar-refractivity contribution in [1.29, 1.82) is 0 Å². The maximum atomic E-state index is 2.36. The number of hydrogen-bond donors (Lipinski definition) is 0. The Bertz CT molecular complexity index is 531. The van der Waals surface area contributed by atoms with E-state index in [9.17, 15) is 0 Å². The van der Waals surface area contributed by atoms with Gasteiger partial charge in [-0.2, -0.15) is 0 Å². The Balaban J connectivity index is 2.33. The smallest absolute Gasteiger partial charge is 0.00727 e. The summed E-state index contributed by atoms with van der Waals surface area (Å²) in [5, 5.41) is 0. The highest BCUT2D eigenvalue weighted by molar-refractivity contribution is 5.31. The van der Waals surface area contributed by atoms with Crippen LogP contribution in [0.2, 0.25) is 0 Å². The van der Waals surface area contributed by atoms with Gasteiger partial charge < -0.3 is 0 Å². The lowest BCUT2D eigenvalue weighted by Gasteiger charge is -2.28. The van der Waals surface area contributed by atoms with Crippen molar-refractivity contribution in [1.82, 2.24) is 0 Å². The Morgan fingerprint density at radius 2 is 1.00 bits per heavy atom. The Hall–Kier alpha value is -1.56. The molecular formula is C20H26. The van der Waals surface area contributed by atoms with Crippen LogP contribution < -0.4 is 0 Å². The van der Waals surface area contributed by atoms with Crippen LogP contribution in [0.4, 0.5) is 0 Å². The van der Waals surface area contributed by atoms with Gasteiger partial charge in [0.25, 0.3) is 0 Å². The fourth-order valence-electron chi connectivity index (χ4n) is 3.12. The third-order valence-corrected chi connectivity index (χ3v) is 4.32. The Kier molecular flexibility index (Phi) is 4.65. The highest BCUT2D eigenvalue weighted by Gasteiger charge is 2.23. The van der Waals surface area contributed by atoms with Gasteiger partial charge in [0.1, 0.15) is 0 Å². The molecule has 0 bridgehead atoms. The van der Waals surface area contributed by atoms with Crippen molar-refractivity contribution < 1.29 is 0 Å². The maximum absolute atomic E-state index is 2.36. The quantitative estimate of drug-likeness (QED) is 0.651. The van der Waals surface area contributed by atoms with Crippen LogP contribution in [-0.2, 0) is 0 Å². The van der Waals surface area contributed by atoms with Crippen LogP contribution in [0.3, 0.4) is 0 Å².